The monoisotopic (exact) mass is 541 g/mol. The summed E-state index contributed by atoms with van der Waals surface area (Å²) in [5, 5.41) is 2.94. The fraction of sp³-hybridized carbons (Fsp3) is 0.258. The van der Waals surface area contributed by atoms with Crippen LogP contribution in [0.15, 0.2) is 85.1 Å². The highest BCUT2D eigenvalue weighted by Gasteiger charge is 2.21. The summed E-state index contributed by atoms with van der Waals surface area (Å²) >= 11 is 0. The van der Waals surface area contributed by atoms with Gasteiger partial charge < -0.3 is 19.3 Å². The fourth-order valence-electron chi connectivity index (χ4n) is 4.22. The predicted molar refractivity (Wildman–Crippen MR) is 156 cm³/mol. The van der Waals surface area contributed by atoms with Crippen molar-refractivity contribution in [1.82, 2.24) is 19.4 Å². The van der Waals surface area contributed by atoms with Gasteiger partial charge in [-0.1, -0.05) is 60.7 Å². The number of aromatic nitrogens is 2. The minimum absolute atomic E-state index is 0.0982. The molecular weight excluding hydrogens is 506 g/mol. The van der Waals surface area contributed by atoms with Crippen molar-refractivity contribution in [3.63, 3.8) is 0 Å². The normalized spacial score (nSPS) is 10.8. The van der Waals surface area contributed by atoms with Gasteiger partial charge in [0.05, 0.1) is 38.6 Å². The van der Waals surface area contributed by atoms with Crippen LogP contribution in [0.2, 0.25) is 0 Å². The first kappa shape index (κ1) is 28.4. The lowest BCUT2D eigenvalue weighted by Crippen LogP contribution is -2.42. The fourth-order valence-corrected chi connectivity index (χ4v) is 4.22. The Morgan fingerprint density at radius 3 is 2.20 bits per heavy atom. The first-order chi connectivity index (χ1) is 19.4. The molecule has 0 aliphatic carbocycles. The van der Waals surface area contributed by atoms with Crippen LogP contribution in [0.3, 0.4) is 0 Å². The van der Waals surface area contributed by atoms with Crippen molar-refractivity contribution in [3.05, 3.63) is 90.6 Å². The average Bonchev–Trinajstić information content (AvgIpc) is 3.39. The maximum Gasteiger partial charge on any atom is 0.246 e. The molecule has 1 heterocycles. The number of carbonyl (C=O) groups is 2. The molecule has 0 saturated carbocycles. The van der Waals surface area contributed by atoms with Gasteiger partial charge in [-0.15, -0.1) is 0 Å². The van der Waals surface area contributed by atoms with E-state index < -0.39 is 0 Å². The van der Waals surface area contributed by atoms with Crippen LogP contribution >= 0.6 is 0 Å². The third-order valence-corrected chi connectivity index (χ3v) is 6.37. The zero-order chi connectivity index (χ0) is 28.5. The van der Waals surface area contributed by atoms with Crippen molar-refractivity contribution < 1.29 is 19.1 Å². The number of methoxy groups -OCH3 is 2. The number of hydrogen-bond donors (Lipinski definition) is 1. The smallest absolute Gasteiger partial charge is 0.246 e. The van der Waals surface area contributed by atoms with Gasteiger partial charge in [0.15, 0.2) is 11.5 Å². The summed E-state index contributed by atoms with van der Waals surface area (Å²) < 4.78 is 12.7. The first-order valence-electron chi connectivity index (χ1n) is 13.0. The van der Waals surface area contributed by atoms with Crippen LogP contribution in [0, 0.1) is 0 Å². The van der Waals surface area contributed by atoms with Gasteiger partial charge in [0.2, 0.25) is 17.8 Å². The molecule has 0 spiro atoms. The first-order valence-corrected chi connectivity index (χ1v) is 13.0. The van der Waals surface area contributed by atoms with Crippen molar-refractivity contribution in [2.24, 2.45) is 0 Å². The van der Waals surface area contributed by atoms with Crippen molar-refractivity contribution in [1.29, 1.82) is 0 Å². The number of nitrogens with one attached hydrogen (secondary N) is 1. The molecule has 1 N–H and O–H groups in total. The SMILES string of the molecule is COc1ccc(-n2cc(-c3ccccc3)nc2NC(=O)CN(CCN(C)C)C(=O)Cc2ccccc2)cc1OC. The number of rotatable bonds is 12. The maximum absolute atomic E-state index is 13.4. The van der Waals surface area contributed by atoms with Crippen LogP contribution in [0.25, 0.3) is 16.9 Å². The summed E-state index contributed by atoms with van der Waals surface area (Å²) in [5.74, 6) is 1.02. The number of nitrogens with zero attached hydrogens (tertiary/aromatic N) is 4. The van der Waals surface area contributed by atoms with Crippen LogP contribution < -0.4 is 14.8 Å². The second-order valence-corrected chi connectivity index (χ2v) is 9.55. The Labute approximate surface area is 235 Å². The lowest BCUT2D eigenvalue weighted by Gasteiger charge is -2.24. The van der Waals surface area contributed by atoms with E-state index in [1.165, 1.54) is 0 Å². The molecule has 0 radical (unpaired) electrons. The summed E-state index contributed by atoms with van der Waals surface area (Å²) in [5.41, 5.74) is 3.23. The molecule has 0 atom stereocenters. The summed E-state index contributed by atoms with van der Waals surface area (Å²) in [7, 11) is 7.02. The van der Waals surface area contributed by atoms with E-state index >= 15 is 0 Å². The predicted octanol–water partition coefficient (Wildman–Crippen LogP) is 4.13. The van der Waals surface area contributed by atoms with E-state index in [-0.39, 0.29) is 24.8 Å². The van der Waals surface area contributed by atoms with E-state index in [0.29, 0.717) is 36.2 Å². The van der Waals surface area contributed by atoms with Crippen molar-refractivity contribution in [2.45, 2.75) is 6.42 Å². The van der Waals surface area contributed by atoms with Crippen molar-refractivity contribution in [2.75, 3.05) is 53.3 Å². The van der Waals surface area contributed by atoms with E-state index in [0.717, 1.165) is 16.8 Å². The van der Waals surface area contributed by atoms with Gasteiger partial charge in [0.25, 0.3) is 0 Å². The Hall–Kier alpha value is -4.63. The van der Waals surface area contributed by atoms with Crippen LogP contribution in [0.4, 0.5) is 5.95 Å². The lowest BCUT2D eigenvalue weighted by molar-refractivity contribution is -0.134. The van der Waals surface area contributed by atoms with Crippen LogP contribution in [0.5, 0.6) is 11.5 Å². The van der Waals surface area contributed by atoms with Gasteiger partial charge in [-0.25, -0.2) is 4.98 Å². The van der Waals surface area contributed by atoms with Gasteiger partial charge in [-0.3, -0.25) is 19.5 Å². The zero-order valence-corrected chi connectivity index (χ0v) is 23.3. The standard InChI is InChI=1S/C31H35N5O4/c1-34(2)17-18-35(30(38)19-23-11-7-5-8-12-23)22-29(37)33-31-32-26(24-13-9-6-10-14-24)21-36(31)25-15-16-27(39-3)28(20-25)40-4/h5-16,20-21H,17-19,22H2,1-4H3,(H,32,33,37). The van der Waals surface area contributed by atoms with Gasteiger partial charge in [0, 0.05) is 30.9 Å². The molecule has 1 aromatic heterocycles. The number of anilines is 1. The molecule has 40 heavy (non-hydrogen) atoms. The molecule has 4 aromatic rings. The number of amides is 2. The number of ether oxygens (including phenoxy) is 2. The Morgan fingerprint density at radius 2 is 1.55 bits per heavy atom. The molecule has 0 saturated heterocycles. The minimum atomic E-state index is -0.341. The largest absolute Gasteiger partial charge is 0.493 e. The van der Waals surface area contributed by atoms with E-state index in [1.807, 2.05) is 98.0 Å². The Kier molecular flexibility index (Phi) is 9.53. The van der Waals surface area contributed by atoms with Crippen molar-refractivity contribution >= 4 is 17.8 Å². The van der Waals surface area contributed by atoms with Crippen molar-refractivity contribution in [3.8, 4) is 28.4 Å². The molecule has 0 aliphatic rings. The van der Waals surface area contributed by atoms with Crippen LogP contribution in [-0.2, 0) is 16.0 Å². The van der Waals surface area contributed by atoms with E-state index in [2.05, 4.69) is 5.32 Å². The van der Waals surface area contributed by atoms with E-state index in [9.17, 15) is 9.59 Å². The third kappa shape index (κ3) is 7.27. The molecule has 0 fully saturated rings. The molecule has 0 bridgehead atoms. The van der Waals surface area contributed by atoms with Crippen LogP contribution in [-0.4, -0.2) is 79.1 Å². The second-order valence-electron chi connectivity index (χ2n) is 9.55. The molecule has 0 unspecified atom stereocenters. The molecule has 2 amide bonds. The number of benzene rings is 3. The van der Waals surface area contributed by atoms with E-state index in [1.54, 1.807) is 29.8 Å². The second kappa shape index (κ2) is 13.4. The van der Waals surface area contributed by atoms with Gasteiger partial charge in [-0.05, 0) is 31.8 Å². The highest BCUT2D eigenvalue weighted by atomic mass is 16.5. The number of carbonyl (C=O) groups excluding carboxylic acids is 2. The Morgan fingerprint density at radius 1 is 0.875 bits per heavy atom. The van der Waals surface area contributed by atoms with Gasteiger partial charge in [-0.2, -0.15) is 0 Å². The summed E-state index contributed by atoms with van der Waals surface area (Å²) in [6.45, 7) is 0.955. The summed E-state index contributed by atoms with van der Waals surface area (Å²) in [6, 6.07) is 24.7. The lowest BCUT2D eigenvalue weighted by atomic mass is 10.1. The summed E-state index contributed by atoms with van der Waals surface area (Å²) in [4.78, 5) is 34.9. The van der Waals surface area contributed by atoms with E-state index in [4.69, 9.17) is 14.5 Å². The minimum Gasteiger partial charge on any atom is -0.493 e. The molecule has 3 aromatic carbocycles. The van der Waals surface area contributed by atoms with Crippen LogP contribution in [0.1, 0.15) is 5.56 Å². The number of hydrogen-bond acceptors (Lipinski definition) is 6. The van der Waals surface area contributed by atoms with Gasteiger partial charge >= 0.3 is 0 Å². The molecule has 9 nitrogen and oxygen atoms in total. The number of imidazole rings is 1. The molecule has 0 aliphatic heterocycles. The molecular formula is C31H35N5O4. The summed E-state index contributed by atoms with van der Waals surface area (Å²) in [6.07, 6.45) is 2.08. The Bertz CT molecular complexity index is 1420. The molecule has 9 heteroatoms. The quantitative estimate of drug-likeness (QED) is 0.290. The third-order valence-electron chi connectivity index (χ3n) is 6.37. The molecule has 4 rings (SSSR count). The highest BCUT2D eigenvalue weighted by Crippen LogP contribution is 2.31. The zero-order valence-electron chi connectivity index (χ0n) is 23.3. The maximum atomic E-state index is 13.4. The highest BCUT2D eigenvalue weighted by molar-refractivity contribution is 5.94. The average molecular weight is 542 g/mol. The topological polar surface area (TPSA) is 88.9 Å². The Balaban J connectivity index is 1.61. The van der Waals surface area contributed by atoms with Gasteiger partial charge in [0.1, 0.15) is 0 Å². The molecule has 208 valence electrons. The number of likely N-dealkylation sites (N-methyl/N-ethyl adjacent to an activating group) is 1.